The van der Waals surface area contributed by atoms with Crippen LogP contribution in [-0.2, 0) is 16.6 Å². The van der Waals surface area contributed by atoms with E-state index in [0.29, 0.717) is 6.04 Å². The lowest BCUT2D eigenvalue weighted by Gasteiger charge is -2.72. The summed E-state index contributed by atoms with van der Waals surface area (Å²) in [6.45, 7) is 7.06. The highest BCUT2D eigenvalue weighted by Crippen LogP contribution is 2.76. The van der Waals surface area contributed by atoms with Crippen LogP contribution in [0, 0.1) is 11.3 Å². The van der Waals surface area contributed by atoms with Crippen LogP contribution in [0.3, 0.4) is 0 Å². The Bertz CT molecular complexity index is 938. The third-order valence-corrected chi connectivity index (χ3v) is 9.78. The summed E-state index contributed by atoms with van der Waals surface area (Å²) in [5.74, 6) is 2.82. The summed E-state index contributed by atoms with van der Waals surface area (Å²) in [6, 6.07) is 5.04. The third-order valence-electron chi connectivity index (χ3n) is 9.78. The monoisotopic (exact) mass is 393 g/mol. The molecule has 0 aromatic heterocycles. The molecule has 4 heteroatoms. The van der Waals surface area contributed by atoms with Crippen molar-refractivity contribution in [3.8, 4) is 11.5 Å². The molecule has 1 aromatic carbocycles. The van der Waals surface area contributed by atoms with E-state index in [1.807, 2.05) is 7.11 Å². The summed E-state index contributed by atoms with van der Waals surface area (Å²) in [7, 11) is 3.63. The van der Waals surface area contributed by atoms with Crippen molar-refractivity contribution in [2.45, 2.75) is 68.1 Å². The minimum Gasteiger partial charge on any atom is -0.493 e. The van der Waals surface area contributed by atoms with Crippen LogP contribution in [0.1, 0.15) is 49.7 Å². The molecule has 5 fully saturated rings. The van der Waals surface area contributed by atoms with Gasteiger partial charge in [0.1, 0.15) is 11.7 Å². The topological polar surface area (TPSA) is 30.9 Å². The molecule has 5 aliphatic carbocycles. The second-order valence-corrected chi connectivity index (χ2v) is 10.5. The van der Waals surface area contributed by atoms with Crippen LogP contribution in [-0.4, -0.2) is 50.0 Å². The van der Waals surface area contributed by atoms with Crippen molar-refractivity contribution in [2.75, 3.05) is 27.3 Å². The molecular formula is C25H31NO3. The van der Waals surface area contributed by atoms with Crippen molar-refractivity contribution < 1.29 is 14.2 Å². The Hall–Kier alpha value is -1.52. The first kappa shape index (κ1) is 17.2. The molecule has 0 radical (unpaired) electrons. The zero-order valence-electron chi connectivity index (χ0n) is 17.6. The highest BCUT2D eigenvalue weighted by molar-refractivity contribution is 5.64. The molecule has 2 aliphatic heterocycles. The lowest BCUT2D eigenvalue weighted by molar-refractivity contribution is -0.224. The number of hydrogen-bond donors (Lipinski definition) is 0. The number of likely N-dealkylation sites (tertiary alicyclic amines) is 1. The summed E-state index contributed by atoms with van der Waals surface area (Å²) in [6.07, 6.45) is 8.54. The number of methoxy groups -OCH3 is 2. The smallest absolute Gasteiger partial charge is 0.165 e. The average molecular weight is 394 g/mol. The molecule has 154 valence electrons. The Morgan fingerprint density at radius 1 is 1.21 bits per heavy atom. The normalized spacial score (nSPS) is 43.9. The van der Waals surface area contributed by atoms with E-state index >= 15 is 0 Å². The van der Waals surface area contributed by atoms with Gasteiger partial charge >= 0.3 is 0 Å². The number of piperidine rings is 1. The molecule has 2 heterocycles. The van der Waals surface area contributed by atoms with Crippen LogP contribution in [0.25, 0.3) is 0 Å². The van der Waals surface area contributed by atoms with Gasteiger partial charge in [-0.1, -0.05) is 12.6 Å². The van der Waals surface area contributed by atoms with Gasteiger partial charge in [-0.05, 0) is 74.6 Å². The SMILES string of the molecule is C=C1C[C@]23CC[C@@]1(OC)[C@@H]1Oc4c(OC)ccc5c4[C@@]12CCN(CC1CC1)[C@@H]3C5. The van der Waals surface area contributed by atoms with Gasteiger partial charge in [0.05, 0.1) is 7.11 Å². The van der Waals surface area contributed by atoms with Crippen molar-refractivity contribution in [2.24, 2.45) is 11.3 Å². The largest absolute Gasteiger partial charge is 0.493 e. The van der Waals surface area contributed by atoms with Gasteiger partial charge in [0.15, 0.2) is 11.5 Å². The van der Waals surface area contributed by atoms with Gasteiger partial charge in [0.2, 0.25) is 0 Å². The van der Waals surface area contributed by atoms with E-state index in [0.717, 1.165) is 36.7 Å². The number of hydrogen-bond acceptors (Lipinski definition) is 4. The van der Waals surface area contributed by atoms with E-state index < -0.39 is 0 Å². The van der Waals surface area contributed by atoms with E-state index in [1.54, 1.807) is 7.11 Å². The van der Waals surface area contributed by atoms with E-state index in [9.17, 15) is 0 Å². The Labute approximate surface area is 173 Å². The molecule has 5 atom stereocenters. The van der Waals surface area contributed by atoms with Crippen LogP contribution in [0.4, 0.5) is 0 Å². The predicted molar refractivity (Wildman–Crippen MR) is 111 cm³/mol. The molecule has 29 heavy (non-hydrogen) atoms. The Balaban J connectivity index is 1.50. The molecule has 0 amide bonds. The van der Waals surface area contributed by atoms with E-state index in [4.69, 9.17) is 14.2 Å². The number of fused-ring (bicyclic) bond motifs is 2. The van der Waals surface area contributed by atoms with Crippen LogP contribution >= 0.6 is 0 Å². The van der Waals surface area contributed by atoms with Crippen LogP contribution in [0.5, 0.6) is 11.5 Å². The molecule has 0 unspecified atom stereocenters. The summed E-state index contributed by atoms with van der Waals surface area (Å²) in [5, 5.41) is 0. The summed E-state index contributed by atoms with van der Waals surface area (Å²) in [4.78, 5) is 2.86. The van der Waals surface area contributed by atoms with Gasteiger partial charge in [0, 0.05) is 36.1 Å². The van der Waals surface area contributed by atoms with Crippen molar-refractivity contribution in [3.63, 3.8) is 0 Å². The highest BCUT2D eigenvalue weighted by Gasteiger charge is 2.79. The van der Waals surface area contributed by atoms with Crippen LogP contribution < -0.4 is 9.47 Å². The number of ether oxygens (including phenoxy) is 3. The minimum absolute atomic E-state index is 0.0333. The molecule has 4 nitrogen and oxygen atoms in total. The summed E-state index contributed by atoms with van der Waals surface area (Å²) in [5.41, 5.74) is 4.14. The molecule has 1 aromatic rings. The highest BCUT2D eigenvalue weighted by atomic mass is 16.6. The van der Waals surface area contributed by atoms with E-state index in [1.165, 1.54) is 55.5 Å². The van der Waals surface area contributed by atoms with Gasteiger partial charge in [0.25, 0.3) is 0 Å². The van der Waals surface area contributed by atoms with E-state index in [-0.39, 0.29) is 22.5 Å². The number of nitrogens with zero attached hydrogens (tertiary/aromatic N) is 1. The van der Waals surface area contributed by atoms with E-state index in [2.05, 4.69) is 23.6 Å². The zero-order chi connectivity index (χ0) is 19.6. The average Bonchev–Trinajstić information content (AvgIpc) is 3.47. The zero-order valence-corrected chi connectivity index (χ0v) is 17.6. The lowest BCUT2D eigenvalue weighted by Crippen LogP contribution is -2.79. The van der Waals surface area contributed by atoms with Crippen molar-refractivity contribution in [1.29, 1.82) is 0 Å². The fourth-order valence-corrected chi connectivity index (χ4v) is 8.44. The maximum atomic E-state index is 6.89. The molecule has 2 spiro atoms. The third kappa shape index (κ3) is 1.70. The molecule has 4 bridgehead atoms. The van der Waals surface area contributed by atoms with Gasteiger partial charge in [-0.25, -0.2) is 0 Å². The predicted octanol–water partition coefficient (Wildman–Crippen LogP) is 3.86. The minimum atomic E-state index is -0.358. The molecular weight excluding hydrogens is 362 g/mol. The molecule has 7 aliphatic rings. The number of benzene rings is 1. The molecule has 8 rings (SSSR count). The van der Waals surface area contributed by atoms with Crippen molar-refractivity contribution >= 4 is 0 Å². The summed E-state index contributed by atoms with van der Waals surface area (Å²) >= 11 is 0. The quantitative estimate of drug-likeness (QED) is 0.727. The first-order valence-corrected chi connectivity index (χ1v) is 11.4. The summed E-state index contributed by atoms with van der Waals surface area (Å²) < 4.78 is 19.0. The Morgan fingerprint density at radius 3 is 2.79 bits per heavy atom. The van der Waals surface area contributed by atoms with Crippen molar-refractivity contribution in [3.05, 3.63) is 35.4 Å². The molecule has 1 saturated heterocycles. The van der Waals surface area contributed by atoms with Gasteiger partial charge < -0.3 is 14.2 Å². The Kier molecular flexibility index (Phi) is 3.08. The van der Waals surface area contributed by atoms with Crippen LogP contribution in [0.15, 0.2) is 24.3 Å². The number of rotatable bonds is 4. The second kappa shape index (κ2) is 5.20. The van der Waals surface area contributed by atoms with Gasteiger partial charge in [-0.3, -0.25) is 4.90 Å². The second-order valence-electron chi connectivity index (χ2n) is 10.5. The molecule has 4 saturated carbocycles. The first-order chi connectivity index (χ1) is 14.1. The standard InChI is InChI=1S/C25H31NO3/c1-15-13-23-8-9-25(15,28-3)22-24(23)10-11-26(14-16-4-5-16)19(23)12-17-6-7-18(27-2)21(29-22)20(17)24/h6-7,16,19,22H,1,4-5,8-14H2,2-3H3/t19-,22-,23+,24+,25+/m1/s1. The maximum Gasteiger partial charge on any atom is 0.165 e. The van der Waals surface area contributed by atoms with Crippen LogP contribution in [0.2, 0.25) is 0 Å². The van der Waals surface area contributed by atoms with Gasteiger partial charge in [-0.15, -0.1) is 0 Å². The fraction of sp³-hybridized carbons (Fsp3) is 0.680. The fourth-order valence-electron chi connectivity index (χ4n) is 8.44. The first-order valence-electron chi connectivity index (χ1n) is 11.4. The Morgan fingerprint density at radius 2 is 2.07 bits per heavy atom. The maximum absolute atomic E-state index is 6.89. The van der Waals surface area contributed by atoms with Crippen molar-refractivity contribution in [1.82, 2.24) is 4.90 Å². The lowest BCUT2D eigenvalue weighted by atomic mass is 9.36. The van der Waals surface area contributed by atoms with Gasteiger partial charge in [-0.2, -0.15) is 0 Å². The molecule has 0 N–H and O–H groups in total.